The summed E-state index contributed by atoms with van der Waals surface area (Å²) in [6.07, 6.45) is 0.242. The number of halogens is 3. The van der Waals surface area contributed by atoms with Crippen molar-refractivity contribution in [3.63, 3.8) is 0 Å². The summed E-state index contributed by atoms with van der Waals surface area (Å²) in [5, 5.41) is 0.464. The molecule has 1 aliphatic carbocycles. The van der Waals surface area contributed by atoms with Gasteiger partial charge >= 0.3 is 0 Å². The van der Waals surface area contributed by atoms with Gasteiger partial charge in [0.2, 0.25) is 5.88 Å². The number of fused-ring (bicyclic) bond motifs is 1. The van der Waals surface area contributed by atoms with Crippen LogP contribution >= 0.6 is 11.6 Å². The number of alkyl halides is 2. The van der Waals surface area contributed by atoms with Gasteiger partial charge in [0.05, 0.1) is 30.2 Å². The lowest BCUT2D eigenvalue weighted by molar-refractivity contribution is 0.0660. The van der Waals surface area contributed by atoms with Crippen molar-refractivity contribution < 1.29 is 22.7 Å². The van der Waals surface area contributed by atoms with Crippen LogP contribution in [0.15, 0.2) is 12.1 Å². The summed E-state index contributed by atoms with van der Waals surface area (Å²) < 4.78 is 45.8. The Balaban J connectivity index is 1.67. The second kappa shape index (κ2) is 6.93. The van der Waals surface area contributed by atoms with Crippen molar-refractivity contribution in [2.45, 2.75) is 56.7 Å². The fourth-order valence-corrected chi connectivity index (χ4v) is 4.69. The van der Waals surface area contributed by atoms with Crippen LogP contribution in [0.4, 0.5) is 8.78 Å². The predicted molar refractivity (Wildman–Crippen MR) is 103 cm³/mol. The van der Waals surface area contributed by atoms with Crippen LogP contribution in [0.1, 0.15) is 32.9 Å². The van der Waals surface area contributed by atoms with Gasteiger partial charge in [0.1, 0.15) is 6.61 Å². The molecule has 1 aromatic rings. The molecule has 2 fully saturated rings. The van der Waals surface area contributed by atoms with E-state index in [4.69, 9.17) is 25.5 Å². The van der Waals surface area contributed by atoms with E-state index >= 15 is 0 Å². The second-order valence-corrected chi connectivity index (χ2v) is 14.2. The Kier molecular flexibility index (Phi) is 5.38. The van der Waals surface area contributed by atoms with Gasteiger partial charge in [0.25, 0.3) is 5.92 Å². The third kappa shape index (κ3) is 3.63. The molecule has 1 saturated heterocycles. The average Bonchev–Trinajstić information content (AvgIpc) is 3.08. The first-order chi connectivity index (χ1) is 12.4. The van der Waals surface area contributed by atoms with Crippen molar-refractivity contribution in [1.29, 1.82) is 0 Å². The second-order valence-electron chi connectivity index (χ2n) is 8.94. The van der Waals surface area contributed by atoms with Gasteiger partial charge < -0.3 is 13.9 Å². The monoisotopic (exact) mass is 419 g/mol. The molecule has 0 bridgehead atoms. The van der Waals surface area contributed by atoms with Crippen molar-refractivity contribution in [3.8, 4) is 5.88 Å². The maximum Gasteiger partial charge on any atom is 0.265 e. The zero-order valence-electron chi connectivity index (χ0n) is 16.6. The number of pyridine rings is 1. The maximum atomic E-state index is 14.4. The molecule has 2 atom stereocenters. The summed E-state index contributed by atoms with van der Waals surface area (Å²) in [7, 11) is -1.86. The highest BCUT2D eigenvalue weighted by atomic mass is 35.5. The van der Waals surface area contributed by atoms with E-state index < -0.39 is 25.6 Å². The fourth-order valence-electron chi connectivity index (χ4n) is 3.47. The van der Waals surface area contributed by atoms with E-state index in [0.29, 0.717) is 30.5 Å². The topological polar surface area (TPSA) is 40.6 Å². The SMILES string of the molecule is CC(C)(C)[Si](C)(C)OCCOc1cc(Cl)cc(C23CCOCC2C3(F)F)n1. The first-order valence-electron chi connectivity index (χ1n) is 9.32. The summed E-state index contributed by atoms with van der Waals surface area (Å²) in [6, 6.07) is 3.09. The molecule has 1 saturated carbocycles. The summed E-state index contributed by atoms with van der Waals surface area (Å²) in [6.45, 7) is 11.9. The summed E-state index contributed by atoms with van der Waals surface area (Å²) in [5.74, 6) is -3.39. The van der Waals surface area contributed by atoms with Gasteiger partial charge in [0, 0.05) is 17.7 Å². The Bertz CT molecular complexity index is 711. The normalized spacial score (nSPS) is 27.2. The predicted octanol–water partition coefficient (Wildman–Crippen LogP) is 5.06. The van der Waals surface area contributed by atoms with Crippen molar-refractivity contribution in [1.82, 2.24) is 4.98 Å². The Morgan fingerprint density at radius 2 is 2.00 bits per heavy atom. The van der Waals surface area contributed by atoms with Crippen LogP contribution in [0.5, 0.6) is 5.88 Å². The molecule has 2 aliphatic rings. The van der Waals surface area contributed by atoms with E-state index in [1.165, 1.54) is 6.07 Å². The van der Waals surface area contributed by atoms with Crippen molar-refractivity contribution >= 4 is 19.9 Å². The number of rotatable bonds is 6. The molecule has 0 spiro atoms. The van der Waals surface area contributed by atoms with Gasteiger partial charge in [-0.1, -0.05) is 32.4 Å². The molecule has 0 aromatic carbocycles. The summed E-state index contributed by atoms with van der Waals surface area (Å²) in [5.41, 5.74) is -0.972. The first kappa shape index (κ1) is 21.0. The third-order valence-electron chi connectivity index (χ3n) is 6.30. The van der Waals surface area contributed by atoms with Crippen LogP contribution in [0.2, 0.25) is 23.2 Å². The van der Waals surface area contributed by atoms with Crippen molar-refractivity contribution in [2.75, 3.05) is 26.4 Å². The molecule has 4 nitrogen and oxygen atoms in total. The van der Waals surface area contributed by atoms with Gasteiger partial charge in [-0.3, -0.25) is 0 Å². The fraction of sp³-hybridized carbons (Fsp3) is 0.737. The summed E-state index contributed by atoms with van der Waals surface area (Å²) >= 11 is 6.17. The Morgan fingerprint density at radius 1 is 1.30 bits per heavy atom. The number of aromatic nitrogens is 1. The number of hydrogen-bond donors (Lipinski definition) is 0. The van der Waals surface area contributed by atoms with E-state index in [0.717, 1.165) is 0 Å². The van der Waals surface area contributed by atoms with Gasteiger partial charge in [-0.05, 0) is 30.6 Å². The van der Waals surface area contributed by atoms with E-state index in [2.05, 4.69) is 38.8 Å². The molecule has 0 N–H and O–H groups in total. The van der Waals surface area contributed by atoms with Crippen LogP contribution in [0.25, 0.3) is 0 Å². The lowest BCUT2D eigenvalue weighted by Crippen LogP contribution is -2.41. The minimum Gasteiger partial charge on any atom is -0.475 e. The maximum absolute atomic E-state index is 14.4. The quantitative estimate of drug-likeness (QED) is 0.477. The molecule has 0 radical (unpaired) electrons. The molecular formula is C19H28ClF2NO3Si. The van der Waals surface area contributed by atoms with E-state index in [1.807, 2.05) is 0 Å². The molecule has 0 amide bonds. The molecule has 1 aliphatic heterocycles. The molecular weight excluding hydrogens is 392 g/mol. The Labute approximate surface area is 165 Å². The molecule has 27 heavy (non-hydrogen) atoms. The molecule has 3 rings (SSSR count). The van der Waals surface area contributed by atoms with E-state index in [-0.39, 0.29) is 23.9 Å². The lowest BCUT2D eigenvalue weighted by Gasteiger charge is -2.36. The highest BCUT2D eigenvalue weighted by molar-refractivity contribution is 6.74. The Hall–Kier alpha value is -0.763. The Morgan fingerprint density at radius 3 is 2.63 bits per heavy atom. The standard InChI is InChI=1S/C19H28ClF2NO3Si/c1-17(2,3)27(4,5)26-9-8-25-16-11-13(20)10-15(23-16)18-6-7-24-12-14(18)19(18,21)22/h10-11,14H,6-9,12H2,1-5H3. The van der Waals surface area contributed by atoms with Gasteiger partial charge in [-0.2, -0.15) is 0 Å². The zero-order chi connectivity index (χ0) is 20.1. The molecule has 152 valence electrons. The average molecular weight is 420 g/mol. The number of hydrogen-bond acceptors (Lipinski definition) is 4. The van der Waals surface area contributed by atoms with Gasteiger partial charge in [-0.25, -0.2) is 13.8 Å². The van der Waals surface area contributed by atoms with Gasteiger partial charge in [-0.15, -0.1) is 0 Å². The van der Waals surface area contributed by atoms with Crippen LogP contribution in [-0.4, -0.2) is 45.7 Å². The van der Waals surface area contributed by atoms with Crippen LogP contribution in [0, 0.1) is 5.92 Å². The summed E-state index contributed by atoms with van der Waals surface area (Å²) in [4.78, 5) is 4.36. The van der Waals surface area contributed by atoms with Crippen LogP contribution in [0.3, 0.4) is 0 Å². The van der Waals surface area contributed by atoms with Crippen LogP contribution in [-0.2, 0) is 14.6 Å². The highest BCUT2D eigenvalue weighted by Crippen LogP contribution is 2.69. The lowest BCUT2D eigenvalue weighted by atomic mass is 9.93. The minimum absolute atomic E-state index is 0.0533. The molecule has 8 heteroatoms. The third-order valence-corrected chi connectivity index (χ3v) is 11.1. The zero-order valence-corrected chi connectivity index (χ0v) is 18.3. The molecule has 1 aromatic heterocycles. The van der Waals surface area contributed by atoms with E-state index in [1.54, 1.807) is 6.07 Å². The van der Waals surface area contributed by atoms with Crippen molar-refractivity contribution in [2.24, 2.45) is 5.92 Å². The van der Waals surface area contributed by atoms with Crippen molar-refractivity contribution in [3.05, 3.63) is 22.8 Å². The number of nitrogens with zero attached hydrogens (tertiary/aromatic N) is 1. The largest absolute Gasteiger partial charge is 0.475 e. The molecule has 2 unspecified atom stereocenters. The highest BCUT2D eigenvalue weighted by Gasteiger charge is 2.82. The van der Waals surface area contributed by atoms with Gasteiger partial charge in [0.15, 0.2) is 8.32 Å². The molecule has 2 heterocycles. The minimum atomic E-state index is -2.82. The van der Waals surface area contributed by atoms with E-state index in [9.17, 15) is 8.78 Å². The first-order valence-corrected chi connectivity index (χ1v) is 12.6. The number of ether oxygens (including phenoxy) is 2. The smallest absolute Gasteiger partial charge is 0.265 e. The van der Waals surface area contributed by atoms with Crippen LogP contribution < -0.4 is 4.74 Å².